The molecule has 1 aliphatic heterocycles. The molecule has 0 atom stereocenters. The summed E-state index contributed by atoms with van der Waals surface area (Å²) in [5, 5.41) is 0. The molecule has 1 aromatic rings. The van der Waals surface area contributed by atoms with E-state index in [0.717, 1.165) is 25.3 Å². The van der Waals surface area contributed by atoms with Gasteiger partial charge in [-0.15, -0.1) is 0 Å². The fourth-order valence-electron chi connectivity index (χ4n) is 2.71. The van der Waals surface area contributed by atoms with Crippen molar-refractivity contribution in [2.45, 2.75) is 58.5 Å². The zero-order chi connectivity index (χ0) is 17.7. The first-order chi connectivity index (χ1) is 11.3. The maximum Gasteiger partial charge on any atom is 0.420 e. The Balaban J connectivity index is 1.92. The molecule has 1 aromatic carbocycles. The first-order valence-corrected chi connectivity index (χ1v) is 8.28. The van der Waals surface area contributed by atoms with Gasteiger partial charge in [-0.2, -0.15) is 13.2 Å². The van der Waals surface area contributed by atoms with E-state index in [1.807, 2.05) is 0 Å². The molecule has 24 heavy (non-hydrogen) atoms. The van der Waals surface area contributed by atoms with Crippen molar-refractivity contribution in [3.8, 4) is 11.5 Å². The van der Waals surface area contributed by atoms with E-state index in [1.165, 1.54) is 6.07 Å². The number of benzene rings is 1. The van der Waals surface area contributed by atoms with Crippen LogP contribution in [0.3, 0.4) is 0 Å². The van der Waals surface area contributed by atoms with Crippen LogP contribution < -0.4 is 9.47 Å². The molecule has 0 saturated heterocycles. The molecular formula is C18H23F3O3. The lowest BCUT2D eigenvalue weighted by Crippen LogP contribution is -2.08. The molecule has 134 valence electrons. The Morgan fingerprint density at radius 1 is 1.17 bits per heavy atom. The van der Waals surface area contributed by atoms with E-state index in [0.29, 0.717) is 17.9 Å². The van der Waals surface area contributed by atoms with E-state index >= 15 is 0 Å². The number of alkyl halides is 3. The van der Waals surface area contributed by atoms with Crippen molar-refractivity contribution in [2.75, 3.05) is 6.79 Å². The summed E-state index contributed by atoms with van der Waals surface area (Å²) in [6.07, 6.45) is -0.554. The van der Waals surface area contributed by atoms with E-state index < -0.39 is 11.7 Å². The average molecular weight is 344 g/mol. The summed E-state index contributed by atoms with van der Waals surface area (Å²) < 4.78 is 49.3. The zero-order valence-corrected chi connectivity index (χ0v) is 14.0. The van der Waals surface area contributed by atoms with Crippen molar-refractivity contribution in [1.82, 2.24) is 0 Å². The highest BCUT2D eigenvalue weighted by molar-refractivity contribution is 5.78. The first-order valence-electron chi connectivity index (χ1n) is 8.28. The maximum atomic E-state index is 13.1. The van der Waals surface area contributed by atoms with E-state index in [2.05, 4.69) is 13.8 Å². The average Bonchev–Trinajstić information content (AvgIpc) is 2.95. The number of aryl methyl sites for hydroxylation is 1. The number of hydrogen-bond acceptors (Lipinski definition) is 3. The molecule has 0 aliphatic carbocycles. The number of hydrogen-bond donors (Lipinski definition) is 0. The molecule has 3 nitrogen and oxygen atoms in total. The minimum atomic E-state index is -4.51. The molecule has 0 bridgehead atoms. The molecule has 0 fully saturated rings. The normalized spacial score (nSPS) is 13.6. The number of rotatable bonds is 8. The smallest absolute Gasteiger partial charge is 0.420 e. The van der Waals surface area contributed by atoms with Crippen LogP contribution >= 0.6 is 0 Å². The molecule has 1 heterocycles. The van der Waals surface area contributed by atoms with Gasteiger partial charge in [0.2, 0.25) is 6.79 Å². The molecule has 2 rings (SSSR count). The Bertz CT molecular complexity index is 580. The summed E-state index contributed by atoms with van der Waals surface area (Å²) in [6.45, 7) is 4.07. The highest BCUT2D eigenvalue weighted by Crippen LogP contribution is 2.45. The van der Waals surface area contributed by atoms with Crippen molar-refractivity contribution in [3.63, 3.8) is 0 Å². The van der Waals surface area contributed by atoms with E-state index in [1.54, 1.807) is 0 Å². The standard InChI is InChI=1S/C18H23F3O3/c1-12(2)5-3-4-6-14(22)8-7-13-9-15(18(19,20)21)17-16(10-13)23-11-24-17/h9-10,12H,3-8,11H2,1-2H3. The summed E-state index contributed by atoms with van der Waals surface area (Å²) >= 11 is 0. The Hall–Kier alpha value is -1.72. The second kappa shape index (κ2) is 7.90. The monoisotopic (exact) mass is 344 g/mol. The van der Waals surface area contributed by atoms with Gasteiger partial charge < -0.3 is 9.47 Å². The summed E-state index contributed by atoms with van der Waals surface area (Å²) in [4.78, 5) is 11.9. The van der Waals surface area contributed by atoms with Gasteiger partial charge in [0.15, 0.2) is 11.5 Å². The third-order valence-corrected chi connectivity index (χ3v) is 4.02. The lowest BCUT2D eigenvalue weighted by molar-refractivity contribution is -0.138. The second-order valence-corrected chi connectivity index (χ2v) is 6.55. The van der Waals surface area contributed by atoms with Gasteiger partial charge in [0.1, 0.15) is 11.3 Å². The minimum absolute atomic E-state index is 0.0879. The van der Waals surface area contributed by atoms with E-state index in [4.69, 9.17) is 9.47 Å². The van der Waals surface area contributed by atoms with Crippen LogP contribution in [0.1, 0.15) is 57.1 Å². The van der Waals surface area contributed by atoms with Gasteiger partial charge in [-0.05, 0) is 36.5 Å². The number of carbonyl (C=O) groups excluding carboxylic acids is 1. The Morgan fingerprint density at radius 3 is 2.58 bits per heavy atom. The van der Waals surface area contributed by atoms with Crippen molar-refractivity contribution in [1.29, 1.82) is 0 Å². The van der Waals surface area contributed by atoms with Gasteiger partial charge >= 0.3 is 6.18 Å². The van der Waals surface area contributed by atoms with Gasteiger partial charge in [0.25, 0.3) is 0 Å². The molecule has 0 aromatic heterocycles. The zero-order valence-electron chi connectivity index (χ0n) is 14.0. The summed E-state index contributed by atoms with van der Waals surface area (Å²) in [6, 6.07) is 2.59. The first kappa shape index (κ1) is 18.6. The molecule has 0 radical (unpaired) electrons. The van der Waals surface area contributed by atoms with Crippen LogP contribution in [-0.4, -0.2) is 12.6 Å². The molecule has 0 saturated carbocycles. The minimum Gasteiger partial charge on any atom is -0.454 e. The molecule has 6 heteroatoms. The summed E-state index contributed by atoms with van der Waals surface area (Å²) in [7, 11) is 0. The van der Waals surface area contributed by atoms with Crippen LogP contribution in [0.2, 0.25) is 0 Å². The van der Waals surface area contributed by atoms with Gasteiger partial charge in [-0.25, -0.2) is 0 Å². The number of ketones is 1. The fourth-order valence-corrected chi connectivity index (χ4v) is 2.71. The third kappa shape index (κ3) is 5.14. The molecular weight excluding hydrogens is 321 g/mol. The molecule has 0 spiro atoms. The molecule has 0 N–H and O–H groups in total. The summed E-state index contributed by atoms with van der Waals surface area (Å²) in [5.74, 6) is 0.551. The lowest BCUT2D eigenvalue weighted by atomic mass is 10.00. The van der Waals surface area contributed by atoms with Gasteiger partial charge in [0, 0.05) is 12.8 Å². The van der Waals surface area contributed by atoms with Crippen molar-refractivity contribution < 1.29 is 27.4 Å². The van der Waals surface area contributed by atoms with Crippen LogP contribution in [0.15, 0.2) is 12.1 Å². The lowest BCUT2D eigenvalue weighted by Gasteiger charge is -2.12. The molecule has 0 amide bonds. The summed E-state index contributed by atoms with van der Waals surface area (Å²) in [5.41, 5.74) is -0.390. The van der Waals surface area contributed by atoms with Crippen molar-refractivity contribution >= 4 is 5.78 Å². The number of halogens is 3. The SMILES string of the molecule is CC(C)CCCCC(=O)CCc1cc2c(c(C(F)(F)F)c1)OCO2. The van der Waals surface area contributed by atoms with Crippen LogP contribution in [-0.2, 0) is 17.4 Å². The maximum absolute atomic E-state index is 13.1. The Morgan fingerprint density at radius 2 is 1.92 bits per heavy atom. The Labute approximate surface area is 140 Å². The van der Waals surface area contributed by atoms with Crippen molar-refractivity contribution in [3.05, 3.63) is 23.3 Å². The molecule has 0 unspecified atom stereocenters. The topological polar surface area (TPSA) is 35.5 Å². The number of unbranched alkanes of at least 4 members (excludes halogenated alkanes) is 1. The van der Waals surface area contributed by atoms with Crippen LogP contribution in [0, 0.1) is 5.92 Å². The van der Waals surface area contributed by atoms with Crippen LogP contribution in [0.25, 0.3) is 0 Å². The number of Topliss-reactive ketones (excluding diaryl/α,β-unsaturated/α-hetero) is 1. The number of carbonyl (C=O) groups is 1. The number of fused-ring (bicyclic) bond motifs is 1. The number of ether oxygens (including phenoxy) is 2. The second-order valence-electron chi connectivity index (χ2n) is 6.55. The quantitative estimate of drug-likeness (QED) is 0.612. The van der Waals surface area contributed by atoms with E-state index in [-0.39, 0.29) is 36.9 Å². The van der Waals surface area contributed by atoms with E-state index in [9.17, 15) is 18.0 Å². The highest BCUT2D eigenvalue weighted by atomic mass is 19.4. The van der Waals surface area contributed by atoms with Gasteiger partial charge in [-0.1, -0.05) is 26.7 Å². The van der Waals surface area contributed by atoms with Crippen LogP contribution in [0.4, 0.5) is 13.2 Å². The van der Waals surface area contributed by atoms with Crippen molar-refractivity contribution in [2.24, 2.45) is 5.92 Å². The third-order valence-electron chi connectivity index (χ3n) is 4.02. The Kier molecular flexibility index (Phi) is 6.13. The van der Waals surface area contributed by atoms with Gasteiger partial charge in [-0.3, -0.25) is 4.79 Å². The predicted octanol–water partition coefficient (Wildman–Crippen LogP) is 5.15. The van der Waals surface area contributed by atoms with Crippen LogP contribution in [0.5, 0.6) is 11.5 Å². The highest BCUT2D eigenvalue weighted by Gasteiger charge is 2.38. The molecule has 1 aliphatic rings. The fraction of sp³-hybridized carbons (Fsp3) is 0.611. The van der Waals surface area contributed by atoms with Gasteiger partial charge in [0.05, 0.1) is 0 Å². The predicted molar refractivity (Wildman–Crippen MR) is 84.2 cm³/mol. The largest absolute Gasteiger partial charge is 0.454 e.